The summed E-state index contributed by atoms with van der Waals surface area (Å²) >= 11 is 0. The zero-order valence-corrected chi connectivity index (χ0v) is 11.6. The number of nitrogens with zero attached hydrogens (tertiary/aromatic N) is 1. The van der Waals surface area contributed by atoms with Crippen LogP contribution in [0.4, 0.5) is 13.2 Å². The van der Waals surface area contributed by atoms with Gasteiger partial charge in [0.15, 0.2) is 0 Å². The quantitative estimate of drug-likeness (QED) is 0.810. The zero-order valence-electron chi connectivity index (χ0n) is 11.6. The first kappa shape index (κ1) is 16.0. The predicted molar refractivity (Wildman–Crippen MR) is 72.1 cm³/mol. The third-order valence-corrected chi connectivity index (χ3v) is 3.13. The van der Waals surface area contributed by atoms with Gasteiger partial charge in [0.25, 0.3) is 5.91 Å². The molecule has 1 amide bonds. The van der Waals surface area contributed by atoms with Gasteiger partial charge in [0.05, 0.1) is 23.4 Å². The van der Waals surface area contributed by atoms with Crippen LogP contribution in [0.25, 0.3) is 0 Å². The molecule has 2 rings (SSSR count). The molecule has 0 fully saturated rings. The minimum absolute atomic E-state index is 0.0824. The highest BCUT2D eigenvalue weighted by Gasteiger charge is 2.30. The van der Waals surface area contributed by atoms with Gasteiger partial charge in [-0.25, -0.2) is 0 Å². The average Bonchev–Trinajstić information content (AvgIpc) is 2.90. The number of hydrogen-bond donors (Lipinski definition) is 3. The Morgan fingerprint density at radius 3 is 2.77 bits per heavy atom. The van der Waals surface area contributed by atoms with Crippen molar-refractivity contribution in [2.24, 2.45) is 0 Å². The summed E-state index contributed by atoms with van der Waals surface area (Å²) in [4.78, 5) is 11.8. The number of benzene rings is 1. The largest absolute Gasteiger partial charge is 0.416 e. The third kappa shape index (κ3) is 3.64. The van der Waals surface area contributed by atoms with E-state index >= 15 is 0 Å². The molecule has 0 saturated carbocycles. The minimum atomic E-state index is -4.48. The number of aliphatic hydroxyl groups is 1. The molecule has 0 unspecified atom stereocenters. The number of carbonyl (C=O) groups is 1. The van der Waals surface area contributed by atoms with Gasteiger partial charge in [0, 0.05) is 12.2 Å². The number of H-pyrrole nitrogens is 1. The van der Waals surface area contributed by atoms with Crippen molar-refractivity contribution in [3.63, 3.8) is 0 Å². The average molecular weight is 313 g/mol. The molecule has 0 saturated heterocycles. The molecule has 1 atom stereocenters. The number of amides is 1. The van der Waals surface area contributed by atoms with Gasteiger partial charge in [-0.15, -0.1) is 0 Å². The lowest BCUT2D eigenvalue weighted by atomic mass is 10.1. The fourth-order valence-corrected chi connectivity index (χ4v) is 1.90. The first-order chi connectivity index (χ1) is 10.3. The van der Waals surface area contributed by atoms with Gasteiger partial charge in [-0.1, -0.05) is 12.1 Å². The van der Waals surface area contributed by atoms with Gasteiger partial charge in [-0.05, 0) is 24.6 Å². The van der Waals surface area contributed by atoms with Gasteiger partial charge >= 0.3 is 6.18 Å². The summed E-state index contributed by atoms with van der Waals surface area (Å²) in [5.41, 5.74) is 0.113. The van der Waals surface area contributed by atoms with E-state index in [0.717, 1.165) is 12.1 Å². The van der Waals surface area contributed by atoms with E-state index in [2.05, 4.69) is 15.5 Å². The second-order valence-electron chi connectivity index (χ2n) is 4.76. The molecule has 2 aromatic rings. The molecule has 1 heterocycles. The Kier molecular flexibility index (Phi) is 4.51. The van der Waals surface area contributed by atoms with Crippen molar-refractivity contribution < 1.29 is 23.1 Å². The Hall–Kier alpha value is -2.35. The van der Waals surface area contributed by atoms with Crippen LogP contribution in [0.3, 0.4) is 0 Å². The molecule has 0 radical (unpaired) electrons. The van der Waals surface area contributed by atoms with Crippen LogP contribution in [0.5, 0.6) is 0 Å². The summed E-state index contributed by atoms with van der Waals surface area (Å²) in [5, 5.41) is 18.7. The summed E-state index contributed by atoms with van der Waals surface area (Å²) in [7, 11) is 0. The standard InChI is InChI=1S/C14H14F3N3O2/c1-8-11(6-19-20-8)13(22)18-7-12(21)9-3-2-4-10(5-9)14(15,16)17/h2-6,12,21H,7H2,1H3,(H,18,22)(H,19,20)/t12-/m1/s1. The molecule has 8 heteroatoms. The van der Waals surface area contributed by atoms with Crippen LogP contribution in [-0.2, 0) is 6.18 Å². The highest BCUT2D eigenvalue weighted by Crippen LogP contribution is 2.30. The van der Waals surface area contributed by atoms with E-state index in [9.17, 15) is 23.1 Å². The molecular weight excluding hydrogens is 299 g/mol. The lowest BCUT2D eigenvalue weighted by molar-refractivity contribution is -0.137. The Morgan fingerprint density at radius 2 is 2.18 bits per heavy atom. The maximum atomic E-state index is 12.6. The number of halogens is 3. The van der Waals surface area contributed by atoms with Crippen LogP contribution in [0, 0.1) is 6.92 Å². The third-order valence-electron chi connectivity index (χ3n) is 3.13. The molecule has 22 heavy (non-hydrogen) atoms. The molecule has 0 spiro atoms. The van der Waals surface area contributed by atoms with E-state index in [1.807, 2.05) is 0 Å². The van der Waals surface area contributed by atoms with Gasteiger partial charge in [0.1, 0.15) is 0 Å². The van der Waals surface area contributed by atoms with Crippen molar-refractivity contribution in [1.29, 1.82) is 0 Å². The van der Waals surface area contributed by atoms with Crippen LogP contribution in [0.2, 0.25) is 0 Å². The lowest BCUT2D eigenvalue weighted by Gasteiger charge is -2.14. The summed E-state index contributed by atoms with van der Waals surface area (Å²) in [6.45, 7) is 1.45. The normalized spacial score (nSPS) is 13.0. The van der Waals surface area contributed by atoms with Crippen LogP contribution in [0.15, 0.2) is 30.5 Å². The Balaban J connectivity index is 2.02. The summed E-state index contributed by atoms with van der Waals surface area (Å²) in [5.74, 6) is -0.461. The molecule has 5 nitrogen and oxygen atoms in total. The number of aromatic amines is 1. The Labute approximate surface area is 124 Å². The number of hydrogen-bond acceptors (Lipinski definition) is 3. The summed E-state index contributed by atoms with van der Waals surface area (Å²) < 4.78 is 37.8. The van der Waals surface area contributed by atoms with Crippen molar-refractivity contribution >= 4 is 5.91 Å². The number of alkyl halides is 3. The predicted octanol–water partition coefficient (Wildman–Crippen LogP) is 2.20. The Bertz CT molecular complexity index is 667. The number of aliphatic hydroxyl groups excluding tert-OH is 1. The fourth-order valence-electron chi connectivity index (χ4n) is 1.90. The molecule has 3 N–H and O–H groups in total. The van der Waals surface area contributed by atoms with E-state index < -0.39 is 23.8 Å². The number of nitrogens with one attached hydrogen (secondary N) is 2. The minimum Gasteiger partial charge on any atom is -0.387 e. The highest BCUT2D eigenvalue weighted by molar-refractivity contribution is 5.94. The van der Waals surface area contributed by atoms with Crippen molar-refractivity contribution in [3.8, 4) is 0 Å². The second kappa shape index (κ2) is 6.18. The van der Waals surface area contributed by atoms with Gasteiger partial charge < -0.3 is 10.4 Å². The summed E-state index contributed by atoms with van der Waals surface area (Å²) in [6, 6.07) is 4.36. The van der Waals surface area contributed by atoms with E-state index in [1.165, 1.54) is 18.3 Å². The van der Waals surface area contributed by atoms with Crippen LogP contribution >= 0.6 is 0 Å². The number of aromatic nitrogens is 2. The van der Waals surface area contributed by atoms with Gasteiger partial charge in [-0.2, -0.15) is 18.3 Å². The maximum absolute atomic E-state index is 12.6. The van der Waals surface area contributed by atoms with E-state index in [1.54, 1.807) is 6.92 Å². The first-order valence-electron chi connectivity index (χ1n) is 6.42. The van der Waals surface area contributed by atoms with Gasteiger partial charge in [-0.3, -0.25) is 9.89 Å². The lowest BCUT2D eigenvalue weighted by Crippen LogP contribution is -2.28. The maximum Gasteiger partial charge on any atom is 0.416 e. The molecule has 0 bridgehead atoms. The van der Waals surface area contributed by atoms with E-state index in [-0.39, 0.29) is 12.1 Å². The molecule has 118 valence electrons. The first-order valence-corrected chi connectivity index (χ1v) is 6.42. The Morgan fingerprint density at radius 1 is 1.45 bits per heavy atom. The molecule has 0 aliphatic carbocycles. The second-order valence-corrected chi connectivity index (χ2v) is 4.76. The van der Waals surface area contributed by atoms with Crippen molar-refractivity contribution in [1.82, 2.24) is 15.5 Å². The molecule has 1 aromatic heterocycles. The van der Waals surface area contributed by atoms with Crippen molar-refractivity contribution in [3.05, 3.63) is 52.8 Å². The van der Waals surface area contributed by atoms with Crippen LogP contribution < -0.4 is 5.32 Å². The fraction of sp³-hybridized carbons (Fsp3) is 0.286. The van der Waals surface area contributed by atoms with Crippen LogP contribution in [0.1, 0.15) is 33.3 Å². The topological polar surface area (TPSA) is 78.0 Å². The van der Waals surface area contributed by atoms with Crippen LogP contribution in [-0.4, -0.2) is 27.8 Å². The highest BCUT2D eigenvalue weighted by atomic mass is 19.4. The number of rotatable bonds is 4. The van der Waals surface area contributed by atoms with Crippen molar-refractivity contribution in [2.45, 2.75) is 19.2 Å². The van der Waals surface area contributed by atoms with Crippen molar-refractivity contribution in [2.75, 3.05) is 6.54 Å². The molecule has 0 aliphatic rings. The number of aryl methyl sites for hydroxylation is 1. The van der Waals surface area contributed by atoms with E-state index in [4.69, 9.17) is 0 Å². The molecular formula is C14H14F3N3O2. The smallest absolute Gasteiger partial charge is 0.387 e. The monoisotopic (exact) mass is 313 g/mol. The number of carbonyl (C=O) groups excluding carboxylic acids is 1. The molecule has 0 aliphatic heterocycles. The zero-order chi connectivity index (χ0) is 16.3. The SMILES string of the molecule is Cc1[nH]ncc1C(=O)NC[C@@H](O)c1cccc(C(F)(F)F)c1. The molecule has 1 aromatic carbocycles. The van der Waals surface area contributed by atoms with E-state index in [0.29, 0.717) is 11.3 Å². The van der Waals surface area contributed by atoms with Gasteiger partial charge in [0.2, 0.25) is 0 Å². The summed E-state index contributed by atoms with van der Waals surface area (Å²) in [6.07, 6.45) is -4.38.